The van der Waals surface area contributed by atoms with Crippen LogP contribution in [0.3, 0.4) is 0 Å². The van der Waals surface area contributed by atoms with E-state index < -0.39 is 0 Å². The summed E-state index contributed by atoms with van der Waals surface area (Å²) in [5, 5.41) is 12.9. The first-order chi connectivity index (χ1) is 13.2. The van der Waals surface area contributed by atoms with Gasteiger partial charge in [0.1, 0.15) is 12.4 Å². The van der Waals surface area contributed by atoms with Crippen molar-refractivity contribution in [3.8, 4) is 5.75 Å². The highest BCUT2D eigenvalue weighted by Crippen LogP contribution is 2.22. The average molecular weight is 376 g/mol. The molecule has 134 valence electrons. The van der Waals surface area contributed by atoms with Gasteiger partial charge in [-0.2, -0.15) is 0 Å². The number of nitrogens with one attached hydrogen (secondary N) is 1. The molecule has 0 spiro atoms. The van der Waals surface area contributed by atoms with Gasteiger partial charge in [-0.05, 0) is 31.2 Å². The van der Waals surface area contributed by atoms with Gasteiger partial charge in [0.2, 0.25) is 5.13 Å². The van der Waals surface area contributed by atoms with Crippen LogP contribution in [0.2, 0.25) is 0 Å². The number of nitrogens with zero attached hydrogens (tertiary/aromatic N) is 3. The molecule has 0 fully saturated rings. The minimum Gasteiger partial charge on any atom is -0.486 e. The van der Waals surface area contributed by atoms with Crippen LogP contribution in [0.25, 0.3) is 10.9 Å². The molecule has 4 aromatic rings. The smallest absolute Gasteiger partial charge is 0.258 e. The zero-order chi connectivity index (χ0) is 18.6. The molecule has 4 rings (SSSR count). The lowest BCUT2D eigenvalue weighted by molar-refractivity contribution is 0.102. The number of benzene rings is 2. The lowest BCUT2D eigenvalue weighted by Crippen LogP contribution is -2.13. The number of amides is 1. The van der Waals surface area contributed by atoms with Crippen molar-refractivity contribution in [3.05, 3.63) is 76.9 Å². The van der Waals surface area contributed by atoms with Gasteiger partial charge in [-0.3, -0.25) is 15.1 Å². The van der Waals surface area contributed by atoms with E-state index in [1.165, 1.54) is 11.3 Å². The Morgan fingerprint density at radius 3 is 2.70 bits per heavy atom. The lowest BCUT2D eigenvalue weighted by atomic mass is 10.1. The Kier molecular flexibility index (Phi) is 4.76. The molecular weight excluding hydrogens is 360 g/mol. The van der Waals surface area contributed by atoms with Crippen molar-refractivity contribution in [1.82, 2.24) is 15.2 Å². The summed E-state index contributed by atoms with van der Waals surface area (Å²) in [5.41, 5.74) is 2.14. The summed E-state index contributed by atoms with van der Waals surface area (Å²) in [4.78, 5) is 17.2. The van der Waals surface area contributed by atoms with Crippen LogP contribution in [0.4, 0.5) is 5.13 Å². The fraction of sp³-hybridized carbons (Fsp3) is 0.100. The summed E-state index contributed by atoms with van der Waals surface area (Å²) in [5.74, 6) is 0.528. The zero-order valence-corrected chi connectivity index (χ0v) is 15.4. The predicted octanol–water partition coefficient (Wildman–Crippen LogP) is 4.23. The number of carbonyl (C=O) groups excluding carboxylic acids is 1. The highest BCUT2D eigenvalue weighted by molar-refractivity contribution is 7.15. The second kappa shape index (κ2) is 7.51. The van der Waals surface area contributed by atoms with Crippen LogP contribution < -0.4 is 10.1 Å². The molecule has 2 aromatic heterocycles. The molecule has 1 N–H and O–H groups in total. The Hall–Kier alpha value is -3.32. The minimum atomic E-state index is -0.233. The summed E-state index contributed by atoms with van der Waals surface area (Å²) in [6, 6.07) is 18.8. The van der Waals surface area contributed by atoms with Gasteiger partial charge in [0.15, 0.2) is 5.01 Å². The number of aromatic nitrogens is 3. The number of fused-ring (bicyclic) bond motifs is 1. The van der Waals surface area contributed by atoms with Crippen molar-refractivity contribution in [2.45, 2.75) is 13.5 Å². The Morgan fingerprint density at radius 2 is 1.85 bits per heavy atom. The maximum absolute atomic E-state index is 12.7. The van der Waals surface area contributed by atoms with Gasteiger partial charge in [0.25, 0.3) is 5.91 Å². The van der Waals surface area contributed by atoms with Gasteiger partial charge in [-0.25, -0.2) is 0 Å². The van der Waals surface area contributed by atoms with Crippen molar-refractivity contribution in [2.24, 2.45) is 0 Å². The molecule has 0 aliphatic carbocycles. The van der Waals surface area contributed by atoms with E-state index in [0.29, 0.717) is 22.3 Å². The number of aryl methyl sites for hydroxylation is 1. The first-order valence-electron chi connectivity index (χ1n) is 8.37. The van der Waals surface area contributed by atoms with Crippen LogP contribution >= 0.6 is 11.3 Å². The van der Waals surface area contributed by atoms with E-state index in [1.54, 1.807) is 6.07 Å². The van der Waals surface area contributed by atoms with Gasteiger partial charge in [-0.1, -0.05) is 47.7 Å². The number of ether oxygens (including phenoxy) is 1. The second-order valence-corrected chi connectivity index (χ2v) is 6.95. The Balaban J connectivity index is 1.48. The highest BCUT2D eigenvalue weighted by Gasteiger charge is 2.14. The molecule has 0 radical (unpaired) electrons. The van der Waals surface area contributed by atoms with Crippen LogP contribution in [0.1, 0.15) is 21.1 Å². The lowest BCUT2D eigenvalue weighted by Gasteiger charge is -2.07. The molecule has 6 nitrogen and oxygen atoms in total. The van der Waals surface area contributed by atoms with E-state index >= 15 is 0 Å². The largest absolute Gasteiger partial charge is 0.486 e. The van der Waals surface area contributed by atoms with E-state index in [-0.39, 0.29) is 5.91 Å². The fourth-order valence-electron chi connectivity index (χ4n) is 2.68. The third-order valence-corrected chi connectivity index (χ3v) is 4.69. The number of carbonyl (C=O) groups is 1. The van der Waals surface area contributed by atoms with Crippen molar-refractivity contribution >= 4 is 33.3 Å². The molecule has 2 heterocycles. The van der Waals surface area contributed by atoms with Gasteiger partial charge in [0, 0.05) is 11.1 Å². The van der Waals surface area contributed by atoms with Crippen LogP contribution in [0, 0.1) is 6.92 Å². The number of rotatable bonds is 5. The molecule has 0 aliphatic rings. The van der Waals surface area contributed by atoms with Crippen molar-refractivity contribution in [3.63, 3.8) is 0 Å². The molecule has 0 aliphatic heterocycles. The number of para-hydroxylation sites is 2. The molecule has 0 unspecified atom stereocenters. The molecule has 0 bridgehead atoms. The average Bonchev–Trinajstić information content (AvgIpc) is 3.13. The standard InChI is InChI=1S/C20H16N4O2S/c1-13-11-16(15-9-5-6-10-17(15)21-13)19(25)22-20-24-23-18(27-20)12-26-14-7-3-2-4-8-14/h2-11H,12H2,1H3,(H,22,24,25). The molecule has 0 saturated carbocycles. The summed E-state index contributed by atoms with van der Waals surface area (Å²) < 4.78 is 5.66. The van der Waals surface area contributed by atoms with Gasteiger partial charge < -0.3 is 4.74 Å². The summed E-state index contributed by atoms with van der Waals surface area (Å²) in [6.45, 7) is 2.17. The monoisotopic (exact) mass is 376 g/mol. The number of anilines is 1. The van der Waals surface area contributed by atoms with Crippen LogP contribution in [-0.2, 0) is 6.61 Å². The molecule has 27 heavy (non-hydrogen) atoms. The summed E-state index contributed by atoms with van der Waals surface area (Å²) in [6.07, 6.45) is 0. The topological polar surface area (TPSA) is 77.0 Å². The third kappa shape index (κ3) is 3.93. The summed E-state index contributed by atoms with van der Waals surface area (Å²) in [7, 11) is 0. The predicted molar refractivity (Wildman–Crippen MR) is 105 cm³/mol. The zero-order valence-electron chi connectivity index (χ0n) is 14.5. The maximum atomic E-state index is 12.7. The quantitative estimate of drug-likeness (QED) is 0.564. The van der Waals surface area contributed by atoms with Crippen LogP contribution in [0.5, 0.6) is 5.75 Å². The van der Waals surface area contributed by atoms with E-state index in [4.69, 9.17) is 4.74 Å². The van der Waals surface area contributed by atoms with Gasteiger partial charge >= 0.3 is 0 Å². The van der Waals surface area contributed by atoms with Gasteiger partial charge in [0.05, 0.1) is 11.1 Å². The first-order valence-corrected chi connectivity index (χ1v) is 9.19. The van der Waals surface area contributed by atoms with Gasteiger partial charge in [-0.15, -0.1) is 10.2 Å². The number of hydrogen-bond acceptors (Lipinski definition) is 6. The van der Waals surface area contributed by atoms with E-state index in [1.807, 2.05) is 61.5 Å². The normalized spacial score (nSPS) is 10.7. The Morgan fingerprint density at radius 1 is 1.07 bits per heavy atom. The molecule has 1 amide bonds. The Labute approximate surface area is 159 Å². The molecule has 0 saturated heterocycles. The molecule has 0 atom stereocenters. The second-order valence-electron chi connectivity index (χ2n) is 5.89. The maximum Gasteiger partial charge on any atom is 0.258 e. The molecule has 2 aromatic carbocycles. The minimum absolute atomic E-state index is 0.233. The third-order valence-electron chi connectivity index (χ3n) is 3.88. The molecule has 7 heteroatoms. The highest BCUT2D eigenvalue weighted by atomic mass is 32.1. The van der Waals surface area contributed by atoms with E-state index in [9.17, 15) is 4.79 Å². The van der Waals surface area contributed by atoms with Crippen LogP contribution in [-0.4, -0.2) is 21.1 Å². The summed E-state index contributed by atoms with van der Waals surface area (Å²) >= 11 is 1.29. The molecular formula is C20H16N4O2S. The Bertz CT molecular complexity index is 1100. The van der Waals surface area contributed by atoms with Crippen molar-refractivity contribution < 1.29 is 9.53 Å². The van der Waals surface area contributed by atoms with Crippen molar-refractivity contribution in [1.29, 1.82) is 0 Å². The van der Waals surface area contributed by atoms with Crippen LogP contribution in [0.15, 0.2) is 60.7 Å². The van der Waals surface area contributed by atoms with Crippen molar-refractivity contribution in [2.75, 3.05) is 5.32 Å². The first kappa shape index (κ1) is 17.1. The fourth-order valence-corrected chi connectivity index (χ4v) is 3.33. The SMILES string of the molecule is Cc1cc(C(=O)Nc2nnc(COc3ccccc3)s2)c2ccccc2n1. The number of pyridine rings is 1. The van der Waals surface area contributed by atoms with E-state index in [2.05, 4.69) is 20.5 Å². The van der Waals surface area contributed by atoms with E-state index in [0.717, 1.165) is 22.3 Å². The number of hydrogen-bond donors (Lipinski definition) is 1.